The average molecular weight is 373 g/mol. The van der Waals surface area contributed by atoms with Gasteiger partial charge in [-0.2, -0.15) is 0 Å². The Morgan fingerprint density at radius 3 is 2.69 bits per heavy atom. The molecule has 134 valence electrons. The van der Waals surface area contributed by atoms with Crippen LogP contribution in [0.15, 0.2) is 36.4 Å². The summed E-state index contributed by atoms with van der Waals surface area (Å²) in [6.45, 7) is -0.0767. The summed E-state index contributed by atoms with van der Waals surface area (Å²) in [5.74, 6) is -0.562. The minimum Gasteiger partial charge on any atom is -0.375 e. The molecule has 0 saturated carbocycles. The lowest BCUT2D eigenvalue weighted by Gasteiger charge is -2.11. The van der Waals surface area contributed by atoms with Crippen LogP contribution in [-0.4, -0.2) is 31.3 Å². The van der Waals surface area contributed by atoms with Gasteiger partial charge in [0.25, 0.3) is 5.91 Å². The largest absolute Gasteiger partial charge is 0.375 e. The van der Waals surface area contributed by atoms with Gasteiger partial charge in [0.15, 0.2) is 5.78 Å². The van der Waals surface area contributed by atoms with Gasteiger partial charge in [0.2, 0.25) is 5.91 Å². The smallest absolute Gasteiger partial charge is 0.255 e. The van der Waals surface area contributed by atoms with E-state index >= 15 is 0 Å². The highest BCUT2D eigenvalue weighted by Crippen LogP contribution is 2.28. The molecule has 6 nitrogen and oxygen atoms in total. The van der Waals surface area contributed by atoms with E-state index in [0.717, 1.165) is 5.56 Å². The standard InChI is InChI=1S/C19H17ClN2O4/c1-26-10-18(24)22-16-7-5-11(9-15(16)20)21-19(25)14-4-2-3-13-12(14)6-8-17(13)23/h2-5,7,9H,6,8,10H2,1H3,(H,21,25)(H,22,24). The minimum absolute atomic E-state index is 0.0637. The van der Waals surface area contributed by atoms with Crippen molar-refractivity contribution in [3.63, 3.8) is 0 Å². The van der Waals surface area contributed by atoms with Gasteiger partial charge >= 0.3 is 0 Å². The highest BCUT2D eigenvalue weighted by molar-refractivity contribution is 6.34. The van der Waals surface area contributed by atoms with Gasteiger partial charge in [-0.3, -0.25) is 14.4 Å². The van der Waals surface area contributed by atoms with Crippen LogP contribution in [0.3, 0.4) is 0 Å². The molecule has 2 aromatic carbocycles. The first-order valence-electron chi connectivity index (χ1n) is 8.04. The fourth-order valence-corrected chi connectivity index (χ4v) is 3.14. The number of hydrogen-bond acceptors (Lipinski definition) is 4. The number of hydrogen-bond donors (Lipinski definition) is 2. The number of amides is 2. The lowest BCUT2D eigenvalue weighted by Crippen LogP contribution is -2.17. The van der Waals surface area contributed by atoms with Crippen LogP contribution in [0, 0.1) is 0 Å². The Hall–Kier alpha value is -2.70. The third kappa shape index (κ3) is 3.76. The summed E-state index contributed by atoms with van der Waals surface area (Å²) >= 11 is 6.16. The molecule has 0 spiro atoms. The fraction of sp³-hybridized carbons (Fsp3) is 0.211. The fourth-order valence-electron chi connectivity index (χ4n) is 2.91. The highest BCUT2D eigenvalue weighted by atomic mass is 35.5. The van der Waals surface area contributed by atoms with E-state index in [-0.39, 0.29) is 24.2 Å². The minimum atomic E-state index is -0.323. The number of methoxy groups -OCH3 is 1. The third-order valence-corrected chi connectivity index (χ3v) is 4.41. The predicted octanol–water partition coefficient (Wildman–Crippen LogP) is 3.31. The highest BCUT2D eigenvalue weighted by Gasteiger charge is 2.24. The molecule has 2 aromatic rings. The maximum Gasteiger partial charge on any atom is 0.255 e. The van der Waals surface area contributed by atoms with E-state index in [4.69, 9.17) is 16.3 Å². The van der Waals surface area contributed by atoms with Gasteiger partial charge in [-0.15, -0.1) is 0 Å². The second-order valence-electron chi connectivity index (χ2n) is 5.88. The first-order chi connectivity index (χ1) is 12.5. The number of Topliss-reactive ketones (excluding diaryl/α,β-unsaturated/α-hetero) is 1. The summed E-state index contributed by atoms with van der Waals surface area (Å²) < 4.78 is 4.75. The van der Waals surface area contributed by atoms with E-state index in [9.17, 15) is 14.4 Å². The van der Waals surface area contributed by atoms with E-state index in [1.807, 2.05) is 0 Å². The summed E-state index contributed by atoms with van der Waals surface area (Å²) in [7, 11) is 1.42. The quantitative estimate of drug-likeness (QED) is 0.843. The van der Waals surface area contributed by atoms with E-state index in [2.05, 4.69) is 10.6 Å². The van der Waals surface area contributed by atoms with Crippen LogP contribution in [0.2, 0.25) is 5.02 Å². The number of ketones is 1. The monoisotopic (exact) mass is 372 g/mol. The van der Waals surface area contributed by atoms with E-state index < -0.39 is 0 Å². The number of halogens is 1. The topological polar surface area (TPSA) is 84.5 Å². The summed E-state index contributed by atoms with van der Waals surface area (Å²) in [6.07, 6.45) is 1.00. The summed E-state index contributed by atoms with van der Waals surface area (Å²) in [5.41, 5.74) is 2.81. The van der Waals surface area contributed by atoms with E-state index in [1.165, 1.54) is 7.11 Å². The maximum absolute atomic E-state index is 12.6. The molecule has 0 aliphatic heterocycles. The first kappa shape index (κ1) is 18.1. The molecule has 0 saturated heterocycles. The zero-order valence-corrected chi connectivity index (χ0v) is 14.9. The van der Waals surface area contributed by atoms with Crippen molar-refractivity contribution >= 4 is 40.6 Å². The SMILES string of the molecule is COCC(=O)Nc1ccc(NC(=O)c2cccc3c2CCC3=O)cc1Cl. The number of anilines is 2. The third-order valence-electron chi connectivity index (χ3n) is 4.10. The molecule has 2 amide bonds. The van der Waals surface area contributed by atoms with Crippen LogP contribution >= 0.6 is 11.6 Å². The van der Waals surface area contributed by atoms with Crippen molar-refractivity contribution in [3.8, 4) is 0 Å². The molecule has 7 heteroatoms. The van der Waals surface area contributed by atoms with E-state index in [0.29, 0.717) is 40.4 Å². The summed E-state index contributed by atoms with van der Waals surface area (Å²) in [4.78, 5) is 36.0. The molecule has 1 aliphatic rings. The van der Waals surface area contributed by atoms with Crippen LogP contribution in [0.1, 0.15) is 32.7 Å². The van der Waals surface area contributed by atoms with Crippen LogP contribution in [-0.2, 0) is 16.0 Å². The maximum atomic E-state index is 12.6. The Labute approximate surface area is 155 Å². The van der Waals surface area contributed by atoms with Crippen molar-refractivity contribution in [1.82, 2.24) is 0 Å². The molecule has 0 bridgehead atoms. The predicted molar refractivity (Wildman–Crippen MR) is 99.0 cm³/mol. The van der Waals surface area contributed by atoms with Gasteiger partial charge in [-0.05, 0) is 36.2 Å². The van der Waals surface area contributed by atoms with Gasteiger partial charge in [0.05, 0.1) is 10.7 Å². The van der Waals surface area contributed by atoms with Crippen LogP contribution in [0.5, 0.6) is 0 Å². The molecule has 0 unspecified atom stereocenters. The zero-order valence-electron chi connectivity index (χ0n) is 14.1. The molecule has 0 heterocycles. The Kier molecular flexibility index (Phi) is 5.35. The molecule has 0 fully saturated rings. The number of fused-ring (bicyclic) bond motifs is 1. The van der Waals surface area contributed by atoms with Gasteiger partial charge in [0.1, 0.15) is 6.61 Å². The molecule has 2 N–H and O–H groups in total. The van der Waals surface area contributed by atoms with Crippen molar-refractivity contribution in [3.05, 3.63) is 58.1 Å². The lowest BCUT2D eigenvalue weighted by atomic mass is 10.0. The van der Waals surface area contributed by atoms with Gasteiger partial charge in [-0.1, -0.05) is 23.7 Å². The van der Waals surface area contributed by atoms with Crippen molar-refractivity contribution < 1.29 is 19.1 Å². The molecular formula is C19H17ClN2O4. The van der Waals surface area contributed by atoms with Crippen molar-refractivity contribution in [1.29, 1.82) is 0 Å². The summed E-state index contributed by atoms with van der Waals surface area (Å²) in [6, 6.07) is 9.95. The normalized spacial score (nSPS) is 12.6. The Bertz CT molecular complexity index is 895. The molecule has 3 rings (SSSR count). The number of carbonyl (C=O) groups is 3. The number of carbonyl (C=O) groups excluding carboxylic acids is 3. The number of rotatable bonds is 5. The van der Waals surface area contributed by atoms with Crippen LogP contribution < -0.4 is 10.6 Å². The van der Waals surface area contributed by atoms with Crippen molar-refractivity contribution in [2.24, 2.45) is 0 Å². The second kappa shape index (κ2) is 7.68. The van der Waals surface area contributed by atoms with Crippen molar-refractivity contribution in [2.75, 3.05) is 24.4 Å². The Balaban J connectivity index is 1.76. The molecule has 1 aliphatic carbocycles. The molecule has 0 aromatic heterocycles. The van der Waals surface area contributed by atoms with E-state index in [1.54, 1.807) is 36.4 Å². The molecule has 26 heavy (non-hydrogen) atoms. The number of ether oxygens (including phenoxy) is 1. The average Bonchev–Trinajstić information content (AvgIpc) is 2.99. The second-order valence-corrected chi connectivity index (χ2v) is 6.29. The zero-order chi connectivity index (χ0) is 18.7. The Morgan fingerprint density at radius 1 is 1.15 bits per heavy atom. The molecular weight excluding hydrogens is 356 g/mol. The number of nitrogens with one attached hydrogen (secondary N) is 2. The van der Waals surface area contributed by atoms with Crippen LogP contribution in [0.25, 0.3) is 0 Å². The molecule has 0 radical (unpaired) electrons. The lowest BCUT2D eigenvalue weighted by molar-refractivity contribution is -0.119. The number of benzene rings is 2. The van der Waals surface area contributed by atoms with Crippen molar-refractivity contribution in [2.45, 2.75) is 12.8 Å². The van der Waals surface area contributed by atoms with Gasteiger partial charge in [0, 0.05) is 30.3 Å². The van der Waals surface area contributed by atoms with Gasteiger partial charge < -0.3 is 15.4 Å². The molecule has 0 atom stereocenters. The Morgan fingerprint density at radius 2 is 1.96 bits per heavy atom. The first-order valence-corrected chi connectivity index (χ1v) is 8.42. The van der Waals surface area contributed by atoms with Crippen LogP contribution in [0.4, 0.5) is 11.4 Å². The van der Waals surface area contributed by atoms with Gasteiger partial charge in [-0.25, -0.2) is 0 Å². The summed E-state index contributed by atoms with van der Waals surface area (Å²) in [5, 5.41) is 5.69.